The molecule has 0 spiro atoms. The quantitative estimate of drug-likeness (QED) is 0.781. The molecule has 98 valence electrons. The topological polar surface area (TPSA) is 39.2 Å². The molecule has 0 aliphatic rings. The molecule has 4 heteroatoms. The van der Waals surface area contributed by atoms with E-state index in [0.717, 1.165) is 21.3 Å². The van der Waals surface area contributed by atoms with E-state index in [-0.39, 0.29) is 5.78 Å². The summed E-state index contributed by atoms with van der Waals surface area (Å²) >= 11 is 3.37. The summed E-state index contributed by atoms with van der Waals surface area (Å²) in [5.41, 5.74) is 1.71. The number of hydrogen-bond donors (Lipinski definition) is 0. The van der Waals surface area contributed by atoms with Gasteiger partial charge in [0.2, 0.25) is 0 Å². The predicted molar refractivity (Wildman–Crippen MR) is 77.3 cm³/mol. The minimum atomic E-state index is 0.141. The second-order valence-electron chi connectivity index (χ2n) is 4.10. The summed E-state index contributed by atoms with van der Waals surface area (Å²) in [6.07, 6.45) is 4.01. The van der Waals surface area contributed by atoms with Crippen molar-refractivity contribution in [3.8, 4) is 5.75 Å². The highest BCUT2D eigenvalue weighted by molar-refractivity contribution is 9.10. The number of ketones is 1. The van der Waals surface area contributed by atoms with Crippen LogP contribution in [-0.2, 0) is 6.61 Å². The van der Waals surface area contributed by atoms with E-state index in [9.17, 15) is 4.79 Å². The van der Waals surface area contributed by atoms with E-state index >= 15 is 0 Å². The van der Waals surface area contributed by atoms with E-state index in [1.165, 1.54) is 0 Å². The van der Waals surface area contributed by atoms with Crippen molar-refractivity contribution in [2.75, 3.05) is 0 Å². The van der Waals surface area contributed by atoms with Gasteiger partial charge in [0.15, 0.2) is 5.78 Å². The Kier molecular flexibility index (Phi) is 4.68. The van der Waals surface area contributed by atoms with Gasteiger partial charge in [0.1, 0.15) is 12.4 Å². The van der Waals surface area contributed by atoms with Crippen LogP contribution in [0.5, 0.6) is 5.75 Å². The minimum absolute atomic E-state index is 0.141. The predicted octanol–water partition coefficient (Wildman–Crippen LogP) is 4.02. The highest BCUT2D eigenvalue weighted by Gasteiger charge is 2.03. The zero-order valence-corrected chi connectivity index (χ0v) is 12.2. The monoisotopic (exact) mass is 319 g/mol. The molecule has 0 saturated carbocycles. The number of aromatic nitrogens is 1. The molecule has 2 rings (SSSR count). The number of carbonyl (C=O) groups is 1. The normalized spacial score (nSPS) is 10.2. The van der Waals surface area contributed by atoms with Gasteiger partial charge in [-0.1, -0.05) is 6.92 Å². The van der Waals surface area contributed by atoms with E-state index in [1.54, 1.807) is 24.5 Å². The van der Waals surface area contributed by atoms with Crippen LogP contribution in [0.3, 0.4) is 0 Å². The zero-order chi connectivity index (χ0) is 13.7. The number of pyridine rings is 1. The molecule has 0 N–H and O–H groups in total. The number of hydrogen-bond acceptors (Lipinski definition) is 3. The maximum atomic E-state index is 11.5. The molecule has 0 aliphatic heterocycles. The van der Waals surface area contributed by atoms with Crippen molar-refractivity contribution in [3.63, 3.8) is 0 Å². The first-order chi connectivity index (χ1) is 9.19. The fourth-order valence-electron chi connectivity index (χ4n) is 1.64. The lowest BCUT2D eigenvalue weighted by molar-refractivity contribution is 0.0988. The number of nitrogens with zero attached hydrogens (tertiary/aromatic N) is 1. The van der Waals surface area contributed by atoms with Crippen molar-refractivity contribution in [1.82, 2.24) is 4.98 Å². The summed E-state index contributed by atoms with van der Waals surface area (Å²) < 4.78 is 6.57. The highest BCUT2D eigenvalue weighted by atomic mass is 79.9. The van der Waals surface area contributed by atoms with Crippen LogP contribution in [0.15, 0.2) is 47.2 Å². The van der Waals surface area contributed by atoms with Gasteiger partial charge in [-0.25, -0.2) is 0 Å². The van der Waals surface area contributed by atoms with Crippen LogP contribution in [0.25, 0.3) is 0 Å². The number of carbonyl (C=O) groups excluding carboxylic acids is 1. The van der Waals surface area contributed by atoms with Crippen molar-refractivity contribution in [2.24, 2.45) is 0 Å². The van der Waals surface area contributed by atoms with E-state index in [4.69, 9.17) is 4.74 Å². The molecule has 0 radical (unpaired) electrons. The molecule has 1 aromatic carbocycles. The van der Waals surface area contributed by atoms with E-state index in [0.29, 0.717) is 13.0 Å². The van der Waals surface area contributed by atoms with Crippen molar-refractivity contribution in [3.05, 3.63) is 58.3 Å². The van der Waals surface area contributed by atoms with Gasteiger partial charge in [-0.15, -0.1) is 0 Å². The Morgan fingerprint density at radius 1 is 1.26 bits per heavy atom. The van der Waals surface area contributed by atoms with Crippen LogP contribution in [0.1, 0.15) is 29.3 Å². The lowest BCUT2D eigenvalue weighted by Crippen LogP contribution is -1.98. The third kappa shape index (κ3) is 3.89. The first kappa shape index (κ1) is 13.7. The Balaban J connectivity index is 1.98. The third-order valence-electron chi connectivity index (χ3n) is 2.66. The maximum Gasteiger partial charge on any atom is 0.162 e. The van der Waals surface area contributed by atoms with Gasteiger partial charge in [-0.2, -0.15) is 0 Å². The molecule has 1 heterocycles. The largest absolute Gasteiger partial charge is 0.489 e. The fraction of sp³-hybridized carbons (Fsp3) is 0.200. The molecule has 2 aromatic rings. The van der Waals surface area contributed by atoms with Gasteiger partial charge < -0.3 is 4.74 Å². The smallest absolute Gasteiger partial charge is 0.162 e. The summed E-state index contributed by atoms with van der Waals surface area (Å²) in [4.78, 5) is 15.6. The van der Waals surface area contributed by atoms with Crippen molar-refractivity contribution in [2.45, 2.75) is 20.0 Å². The van der Waals surface area contributed by atoms with Gasteiger partial charge >= 0.3 is 0 Å². The summed E-state index contributed by atoms with van der Waals surface area (Å²) in [5, 5.41) is 0. The minimum Gasteiger partial charge on any atom is -0.489 e. The first-order valence-electron chi connectivity index (χ1n) is 6.04. The average Bonchev–Trinajstić information content (AvgIpc) is 2.45. The number of Topliss-reactive ketones (excluding diaryl/α,β-unsaturated/α-hetero) is 1. The first-order valence-corrected chi connectivity index (χ1v) is 6.84. The maximum absolute atomic E-state index is 11.5. The summed E-state index contributed by atoms with van der Waals surface area (Å²) in [6.45, 7) is 2.31. The van der Waals surface area contributed by atoms with Crippen LogP contribution >= 0.6 is 15.9 Å². The molecule has 0 bridgehead atoms. The van der Waals surface area contributed by atoms with Crippen LogP contribution in [0, 0.1) is 0 Å². The average molecular weight is 320 g/mol. The molecule has 0 unspecified atom stereocenters. The molecule has 19 heavy (non-hydrogen) atoms. The molecular weight excluding hydrogens is 306 g/mol. The summed E-state index contributed by atoms with van der Waals surface area (Å²) in [6, 6.07) is 9.17. The second kappa shape index (κ2) is 6.48. The molecular formula is C15H14BrNO2. The van der Waals surface area contributed by atoms with E-state index < -0.39 is 0 Å². The van der Waals surface area contributed by atoms with Crippen molar-refractivity contribution in [1.29, 1.82) is 0 Å². The summed E-state index contributed by atoms with van der Waals surface area (Å²) in [5.74, 6) is 0.885. The molecule has 0 fully saturated rings. The van der Waals surface area contributed by atoms with Gasteiger partial charge in [0, 0.05) is 34.4 Å². The van der Waals surface area contributed by atoms with Crippen molar-refractivity contribution >= 4 is 21.7 Å². The Morgan fingerprint density at radius 2 is 2.00 bits per heavy atom. The van der Waals surface area contributed by atoms with Gasteiger partial charge in [-0.3, -0.25) is 9.78 Å². The zero-order valence-electron chi connectivity index (χ0n) is 10.6. The van der Waals surface area contributed by atoms with Gasteiger partial charge in [0.05, 0.1) is 0 Å². The Hall–Kier alpha value is -1.68. The SMILES string of the molecule is CCC(=O)c1ccc(OCc2cncc(Br)c2)cc1. The Bertz CT molecular complexity index is 567. The molecule has 0 aliphatic carbocycles. The Labute approximate surface area is 120 Å². The number of halogens is 1. The van der Waals surface area contributed by atoms with Gasteiger partial charge in [0.25, 0.3) is 0 Å². The van der Waals surface area contributed by atoms with Crippen LogP contribution < -0.4 is 4.74 Å². The van der Waals surface area contributed by atoms with Crippen LogP contribution in [-0.4, -0.2) is 10.8 Å². The van der Waals surface area contributed by atoms with E-state index in [2.05, 4.69) is 20.9 Å². The molecule has 3 nitrogen and oxygen atoms in total. The van der Waals surface area contributed by atoms with Crippen molar-refractivity contribution < 1.29 is 9.53 Å². The lowest BCUT2D eigenvalue weighted by atomic mass is 10.1. The van der Waals surface area contributed by atoms with Crippen LogP contribution in [0.2, 0.25) is 0 Å². The Morgan fingerprint density at radius 3 is 2.63 bits per heavy atom. The second-order valence-corrected chi connectivity index (χ2v) is 5.02. The standard InChI is InChI=1S/C15H14BrNO2/c1-2-15(18)12-3-5-14(6-4-12)19-10-11-7-13(16)9-17-8-11/h3-9H,2,10H2,1H3. The highest BCUT2D eigenvalue weighted by Crippen LogP contribution is 2.16. The fourth-order valence-corrected chi connectivity index (χ4v) is 2.05. The molecule has 1 aromatic heterocycles. The lowest BCUT2D eigenvalue weighted by Gasteiger charge is -2.07. The molecule has 0 atom stereocenters. The number of ether oxygens (including phenoxy) is 1. The van der Waals surface area contributed by atoms with Gasteiger partial charge in [-0.05, 0) is 46.3 Å². The molecule has 0 amide bonds. The molecule has 0 saturated heterocycles. The third-order valence-corrected chi connectivity index (χ3v) is 3.10. The van der Waals surface area contributed by atoms with Crippen LogP contribution in [0.4, 0.5) is 0 Å². The summed E-state index contributed by atoms with van der Waals surface area (Å²) in [7, 11) is 0. The number of benzene rings is 1. The number of rotatable bonds is 5. The van der Waals surface area contributed by atoms with E-state index in [1.807, 2.05) is 25.1 Å².